The number of anilines is 1. The van der Waals surface area contributed by atoms with Crippen LogP contribution in [-0.4, -0.2) is 51.9 Å². The lowest BCUT2D eigenvalue weighted by molar-refractivity contribution is 0.191. The van der Waals surface area contributed by atoms with Crippen molar-refractivity contribution in [3.8, 4) is 0 Å². The Hall–Kier alpha value is -2.57. The van der Waals surface area contributed by atoms with E-state index in [1.807, 2.05) is 49.5 Å². The van der Waals surface area contributed by atoms with Gasteiger partial charge in [-0.25, -0.2) is 4.79 Å². The van der Waals surface area contributed by atoms with Crippen LogP contribution in [-0.2, 0) is 7.05 Å². The molecule has 3 rings (SSSR count). The van der Waals surface area contributed by atoms with Gasteiger partial charge in [0.05, 0.1) is 11.7 Å². The number of piperazine rings is 1. The van der Waals surface area contributed by atoms with Crippen molar-refractivity contribution < 1.29 is 4.79 Å². The molecule has 134 valence electrons. The van der Waals surface area contributed by atoms with E-state index in [9.17, 15) is 4.79 Å². The Morgan fingerprint density at radius 1 is 1.16 bits per heavy atom. The molecular formula is C18H26N6O. The second kappa shape index (κ2) is 7.13. The third kappa shape index (κ3) is 3.60. The summed E-state index contributed by atoms with van der Waals surface area (Å²) < 4.78 is 1.86. The van der Waals surface area contributed by atoms with Gasteiger partial charge < -0.3 is 15.1 Å². The van der Waals surface area contributed by atoms with Gasteiger partial charge in [0.25, 0.3) is 0 Å². The van der Waals surface area contributed by atoms with Crippen LogP contribution in [0.15, 0.2) is 24.5 Å². The topological polar surface area (TPSA) is 66.3 Å². The average Bonchev–Trinajstić information content (AvgIpc) is 2.88. The minimum Gasteiger partial charge on any atom is -0.368 e. The largest absolute Gasteiger partial charge is 0.368 e. The number of rotatable bonds is 3. The van der Waals surface area contributed by atoms with Crippen LogP contribution in [0.2, 0.25) is 0 Å². The minimum atomic E-state index is -0.0561. The summed E-state index contributed by atoms with van der Waals surface area (Å²) in [6, 6.07) is 3.95. The molecule has 1 saturated heterocycles. The molecule has 1 aliphatic heterocycles. The SMILES string of the molecule is Cc1nn(C)c(C)c1C(C)NC(=O)N1CCN(c2ccncc2)CC1. The fourth-order valence-corrected chi connectivity index (χ4v) is 3.49. The zero-order chi connectivity index (χ0) is 18.0. The van der Waals surface area contributed by atoms with Crippen molar-refractivity contribution in [2.75, 3.05) is 31.1 Å². The van der Waals surface area contributed by atoms with Gasteiger partial charge in [-0.2, -0.15) is 5.10 Å². The summed E-state index contributed by atoms with van der Waals surface area (Å²) in [5.41, 5.74) is 4.32. The third-order valence-corrected chi connectivity index (χ3v) is 4.93. The monoisotopic (exact) mass is 342 g/mol. The van der Waals surface area contributed by atoms with Gasteiger partial charge in [0.15, 0.2) is 0 Å². The molecule has 1 unspecified atom stereocenters. The number of hydrogen-bond donors (Lipinski definition) is 1. The number of carbonyl (C=O) groups is 1. The summed E-state index contributed by atoms with van der Waals surface area (Å²) in [7, 11) is 1.93. The first-order valence-corrected chi connectivity index (χ1v) is 8.68. The Kier molecular flexibility index (Phi) is 4.92. The summed E-state index contributed by atoms with van der Waals surface area (Å²) in [4.78, 5) is 20.8. The smallest absolute Gasteiger partial charge is 0.317 e. The zero-order valence-corrected chi connectivity index (χ0v) is 15.4. The number of carbonyl (C=O) groups excluding carboxylic acids is 1. The van der Waals surface area contributed by atoms with E-state index in [0.717, 1.165) is 35.7 Å². The van der Waals surface area contributed by atoms with Crippen molar-refractivity contribution in [2.24, 2.45) is 7.05 Å². The molecule has 0 bridgehead atoms. The van der Waals surface area contributed by atoms with E-state index in [1.165, 1.54) is 0 Å². The lowest BCUT2D eigenvalue weighted by Crippen LogP contribution is -2.52. The maximum atomic E-state index is 12.6. The van der Waals surface area contributed by atoms with Crippen molar-refractivity contribution in [1.29, 1.82) is 0 Å². The first kappa shape index (κ1) is 17.3. The van der Waals surface area contributed by atoms with Crippen molar-refractivity contribution in [2.45, 2.75) is 26.8 Å². The molecule has 25 heavy (non-hydrogen) atoms. The molecule has 3 heterocycles. The van der Waals surface area contributed by atoms with Crippen LogP contribution in [0, 0.1) is 13.8 Å². The van der Waals surface area contributed by atoms with Crippen molar-refractivity contribution in [1.82, 2.24) is 25.0 Å². The maximum Gasteiger partial charge on any atom is 0.317 e. The summed E-state index contributed by atoms with van der Waals surface area (Å²) in [5.74, 6) is 0. The molecule has 1 N–H and O–H groups in total. The fourth-order valence-electron chi connectivity index (χ4n) is 3.49. The molecule has 2 aromatic heterocycles. The highest BCUT2D eigenvalue weighted by Crippen LogP contribution is 2.21. The van der Waals surface area contributed by atoms with Gasteiger partial charge in [0, 0.05) is 62.6 Å². The fraction of sp³-hybridized carbons (Fsp3) is 0.500. The number of aromatic nitrogens is 3. The van der Waals surface area contributed by atoms with Crippen molar-refractivity contribution >= 4 is 11.7 Å². The van der Waals surface area contributed by atoms with Crippen LogP contribution >= 0.6 is 0 Å². The molecule has 2 aromatic rings. The molecule has 0 spiro atoms. The Balaban J connectivity index is 1.58. The molecular weight excluding hydrogens is 316 g/mol. The van der Waals surface area contributed by atoms with E-state index in [2.05, 4.69) is 20.3 Å². The first-order valence-electron chi connectivity index (χ1n) is 8.68. The highest BCUT2D eigenvalue weighted by atomic mass is 16.2. The van der Waals surface area contributed by atoms with Gasteiger partial charge in [0.1, 0.15) is 0 Å². The molecule has 1 fully saturated rings. The summed E-state index contributed by atoms with van der Waals surface area (Å²) in [6.07, 6.45) is 3.60. The molecule has 1 aliphatic rings. The summed E-state index contributed by atoms with van der Waals surface area (Å²) in [6.45, 7) is 9.12. The van der Waals surface area contributed by atoms with Crippen LogP contribution in [0.4, 0.5) is 10.5 Å². The van der Waals surface area contributed by atoms with E-state index in [0.29, 0.717) is 13.1 Å². The molecule has 7 heteroatoms. The van der Waals surface area contributed by atoms with E-state index >= 15 is 0 Å². The Labute approximate surface area is 148 Å². The van der Waals surface area contributed by atoms with E-state index < -0.39 is 0 Å². The molecule has 0 saturated carbocycles. The number of urea groups is 1. The Morgan fingerprint density at radius 3 is 2.36 bits per heavy atom. The molecule has 0 aliphatic carbocycles. The second-order valence-corrected chi connectivity index (χ2v) is 6.56. The number of amides is 2. The van der Waals surface area contributed by atoms with E-state index in [1.54, 1.807) is 12.4 Å². The average molecular weight is 342 g/mol. The van der Waals surface area contributed by atoms with Gasteiger partial charge in [0.2, 0.25) is 0 Å². The Bertz CT molecular complexity index is 734. The van der Waals surface area contributed by atoms with Gasteiger partial charge in [-0.15, -0.1) is 0 Å². The van der Waals surface area contributed by atoms with Crippen molar-refractivity contribution in [3.63, 3.8) is 0 Å². The third-order valence-electron chi connectivity index (χ3n) is 4.93. The van der Waals surface area contributed by atoms with Gasteiger partial charge in [-0.05, 0) is 32.9 Å². The number of hydrogen-bond acceptors (Lipinski definition) is 4. The van der Waals surface area contributed by atoms with Crippen LogP contribution in [0.5, 0.6) is 0 Å². The van der Waals surface area contributed by atoms with Gasteiger partial charge >= 0.3 is 6.03 Å². The quantitative estimate of drug-likeness (QED) is 0.927. The lowest BCUT2D eigenvalue weighted by atomic mass is 10.1. The standard InChI is InChI=1S/C18H26N6O/c1-13(17-14(2)21-22(4)15(17)3)20-18(25)24-11-9-23(10-12-24)16-5-7-19-8-6-16/h5-8,13H,9-12H2,1-4H3,(H,20,25). The highest BCUT2D eigenvalue weighted by Gasteiger charge is 2.24. The number of nitrogens with one attached hydrogen (secondary N) is 1. The summed E-state index contributed by atoms with van der Waals surface area (Å²) in [5, 5.41) is 7.56. The van der Waals surface area contributed by atoms with Crippen LogP contribution in [0.25, 0.3) is 0 Å². The lowest BCUT2D eigenvalue weighted by Gasteiger charge is -2.36. The molecule has 0 aromatic carbocycles. The first-order chi connectivity index (χ1) is 12.0. The van der Waals surface area contributed by atoms with Gasteiger partial charge in [-0.1, -0.05) is 0 Å². The Morgan fingerprint density at radius 2 is 1.80 bits per heavy atom. The zero-order valence-electron chi connectivity index (χ0n) is 15.4. The predicted octanol–water partition coefficient (Wildman–Crippen LogP) is 2.02. The normalized spacial score (nSPS) is 16.0. The maximum absolute atomic E-state index is 12.6. The van der Waals surface area contributed by atoms with E-state index in [-0.39, 0.29) is 12.1 Å². The van der Waals surface area contributed by atoms with Crippen LogP contribution in [0.3, 0.4) is 0 Å². The summed E-state index contributed by atoms with van der Waals surface area (Å²) >= 11 is 0. The molecule has 0 radical (unpaired) electrons. The predicted molar refractivity (Wildman–Crippen MR) is 97.7 cm³/mol. The number of pyridine rings is 1. The second-order valence-electron chi connectivity index (χ2n) is 6.56. The number of nitrogens with zero attached hydrogens (tertiary/aromatic N) is 5. The van der Waals surface area contributed by atoms with Crippen LogP contribution < -0.4 is 10.2 Å². The number of aryl methyl sites for hydroxylation is 2. The highest BCUT2D eigenvalue weighted by molar-refractivity contribution is 5.75. The van der Waals surface area contributed by atoms with Crippen LogP contribution in [0.1, 0.15) is 29.9 Å². The van der Waals surface area contributed by atoms with Gasteiger partial charge in [-0.3, -0.25) is 9.67 Å². The minimum absolute atomic E-state index is 0.00969. The van der Waals surface area contributed by atoms with Crippen molar-refractivity contribution in [3.05, 3.63) is 41.5 Å². The van der Waals surface area contributed by atoms with E-state index in [4.69, 9.17) is 0 Å². The molecule has 7 nitrogen and oxygen atoms in total. The molecule has 1 atom stereocenters. The molecule has 2 amide bonds.